The van der Waals surface area contributed by atoms with Crippen molar-refractivity contribution in [2.24, 2.45) is 5.92 Å². The van der Waals surface area contributed by atoms with Crippen LogP contribution in [0.1, 0.15) is 40.5 Å². The second kappa shape index (κ2) is 8.31. The monoisotopic (exact) mass is 322 g/mol. The van der Waals surface area contributed by atoms with Gasteiger partial charge in [0.15, 0.2) is 0 Å². The summed E-state index contributed by atoms with van der Waals surface area (Å²) in [4.78, 5) is 26.2. The molecule has 0 radical (unpaired) electrons. The average molecular weight is 322 g/mol. The predicted molar refractivity (Wildman–Crippen MR) is 90.3 cm³/mol. The van der Waals surface area contributed by atoms with Crippen LogP contribution < -0.4 is 5.32 Å². The SMILES string of the molecule is C=C/C(=C(\C)C(=O)NC(C)C(=O)N1CCCC1B(O)O)C(C)C. The molecule has 23 heavy (non-hydrogen) atoms. The summed E-state index contributed by atoms with van der Waals surface area (Å²) in [5.74, 6) is -1.05. The summed E-state index contributed by atoms with van der Waals surface area (Å²) in [5.41, 5.74) is 1.38. The van der Waals surface area contributed by atoms with Crippen LogP contribution in [0.5, 0.6) is 0 Å². The normalized spacial score (nSPS) is 20.1. The lowest BCUT2D eigenvalue weighted by atomic mass is 9.78. The Morgan fingerprint density at radius 1 is 1.35 bits per heavy atom. The maximum atomic E-state index is 12.4. The van der Waals surface area contributed by atoms with Crippen molar-refractivity contribution < 1.29 is 19.6 Å². The third-order valence-corrected chi connectivity index (χ3v) is 4.26. The summed E-state index contributed by atoms with van der Waals surface area (Å²) >= 11 is 0. The van der Waals surface area contributed by atoms with Gasteiger partial charge in [0.05, 0.1) is 5.94 Å². The molecule has 0 aromatic heterocycles. The molecule has 1 aliphatic rings. The van der Waals surface area contributed by atoms with Gasteiger partial charge in [-0.15, -0.1) is 0 Å². The van der Waals surface area contributed by atoms with Crippen LogP contribution in [-0.4, -0.2) is 52.4 Å². The van der Waals surface area contributed by atoms with Gasteiger partial charge in [-0.1, -0.05) is 26.5 Å². The molecule has 7 heteroatoms. The highest BCUT2D eigenvalue weighted by Crippen LogP contribution is 2.20. The average Bonchev–Trinajstić information content (AvgIpc) is 2.95. The van der Waals surface area contributed by atoms with E-state index in [0.29, 0.717) is 18.5 Å². The van der Waals surface area contributed by atoms with Gasteiger partial charge in [0, 0.05) is 12.1 Å². The molecule has 1 saturated heterocycles. The van der Waals surface area contributed by atoms with Gasteiger partial charge in [0.1, 0.15) is 6.04 Å². The standard InChI is InChI=1S/C16H27BN2O4/c1-6-13(10(2)3)11(4)15(20)18-12(5)16(21)19-9-7-8-14(19)17(22)23/h6,10,12,14,22-23H,1,7-9H2,2-5H3,(H,18,20)/b13-11-. The Balaban J connectivity index is 2.79. The van der Waals surface area contributed by atoms with E-state index in [2.05, 4.69) is 11.9 Å². The number of hydrogen-bond acceptors (Lipinski definition) is 4. The van der Waals surface area contributed by atoms with E-state index in [9.17, 15) is 19.6 Å². The second-order valence-electron chi connectivity index (χ2n) is 6.29. The van der Waals surface area contributed by atoms with Gasteiger partial charge in [0.2, 0.25) is 11.8 Å². The zero-order chi connectivity index (χ0) is 17.7. The number of carbonyl (C=O) groups excluding carboxylic acids is 2. The van der Waals surface area contributed by atoms with E-state index in [1.165, 1.54) is 4.90 Å². The topological polar surface area (TPSA) is 89.9 Å². The van der Waals surface area contributed by atoms with Gasteiger partial charge in [-0.05, 0) is 38.2 Å². The summed E-state index contributed by atoms with van der Waals surface area (Å²) in [6, 6.07) is -0.727. The van der Waals surface area contributed by atoms with Crippen LogP contribution in [-0.2, 0) is 9.59 Å². The summed E-state index contributed by atoms with van der Waals surface area (Å²) in [6.07, 6.45) is 2.93. The summed E-state index contributed by atoms with van der Waals surface area (Å²) < 4.78 is 0. The van der Waals surface area contributed by atoms with Crippen molar-refractivity contribution in [2.45, 2.75) is 52.5 Å². The Kier molecular flexibility index (Phi) is 7.03. The van der Waals surface area contributed by atoms with E-state index in [4.69, 9.17) is 0 Å². The highest BCUT2D eigenvalue weighted by atomic mass is 16.4. The summed E-state index contributed by atoms with van der Waals surface area (Å²) in [5, 5.41) is 21.4. The van der Waals surface area contributed by atoms with Crippen LogP contribution in [0.15, 0.2) is 23.8 Å². The molecule has 0 bridgehead atoms. The molecular weight excluding hydrogens is 295 g/mol. The van der Waals surface area contributed by atoms with Gasteiger partial charge in [0.25, 0.3) is 0 Å². The summed E-state index contributed by atoms with van der Waals surface area (Å²) in [7, 11) is -1.56. The van der Waals surface area contributed by atoms with Crippen LogP contribution in [0.4, 0.5) is 0 Å². The lowest BCUT2D eigenvalue weighted by Gasteiger charge is -2.27. The molecule has 128 valence electrons. The lowest BCUT2D eigenvalue weighted by Crippen LogP contribution is -2.52. The molecule has 1 aliphatic heterocycles. The van der Waals surface area contributed by atoms with E-state index >= 15 is 0 Å². The number of carbonyl (C=O) groups is 2. The van der Waals surface area contributed by atoms with E-state index < -0.39 is 19.1 Å². The van der Waals surface area contributed by atoms with Gasteiger partial charge < -0.3 is 20.3 Å². The number of hydrogen-bond donors (Lipinski definition) is 3. The molecule has 0 aliphatic carbocycles. The van der Waals surface area contributed by atoms with Crippen molar-refractivity contribution >= 4 is 18.9 Å². The van der Waals surface area contributed by atoms with Crippen molar-refractivity contribution in [1.82, 2.24) is 10.2 Å². The predicted octanol–water partition coefficient (Wildman–Crippen LogP) is 0.653. The van der Waals surface area contributed by atoms with Crippen LogP contribution in [0.25, 0.3) is 0 Å². The van der Waals surface area contributed by atoms with Crippen LogP contribution in [0.3, 0.4) is 0 Å². The first-order valence-corrected chi connectivity index (χ1v) is 8.01. The third kappa shape index (κ3) is 4.69. The Hall–Kier alpha value is -1.60. The van der Waals surface area contributed by atoms with Gasteiger partial charge in [-0.3, -0.25) is 9.59 Å². The fraction of sp³-hybridized carbons (Fsp3) is 0.625. The summed E-state index contributed by atoms with van der Waals surface area (Å²) in [6.45, 7) is 11.5. The van der Waals surface area contributed by atoms with Gasteiger partial charge in [-0.25, -0.2) is 0 Å². The van der Waals surface area contributed by atoms with E-state index in [1.807, 2.05) is 13.8 Å². The largest absolute Gasteiger partial charge is 0.475 e. The van der Waals surface area contributed by atoms with Crippen molar-refractivity contribution in [3.05, 3.63) is 23.8 Å². The number of rotatable bonds is 6. The van der Waals surface area contributed by atoms with Crippen LogP contribution in [0, 0.1) is 5.92 Å². The van der Waals surface area contributed by atoms with Crippen molar-refractivity contribution in [2.75, 3.05) is 6.54 Å². The van der Waals surface area contributed by atoms with Crippen LogP contribution in [0.2, 0.25) is 0 Å². The first-order valence-electron chi connectivity index (χ1n) is 8.01. The highest BCUT2D eigenvalue weighted by molar-refractivity contribution is 6.43. The van der Waals surface area contributed by atoms with Crippen molar-refractivity contribution in [3.63, 3.8) is 0 Å². The number of nitrogens with one attached hydrogen (secondary N) is 1. The molecule has 6 nitrogen and oxygen atoms in total. The zero-order valence-corrected chi connectivity index (χ0v) is 14.4. The van der Waals surface area contributed by atoms with E-state index in [1.54, 1.807) is 19.9 Å². The third-order valence-electron chi connectivity index (χ3n) is 4.26. The van der Waals surface area contributed by atoms with Crippen molar-refractivity contribution in [3.8, 4) is 0 Å². The zero-order valence-electron chi connectivity index (χ0n) is 14.4. The maximum absolute atomic E-state index is 12.4. The molecule has 0 aromatic carbocycles. The lowest BCUT2D eigenvalue weighted by molar-refractivity contribution is -0.135. The fourth-order valence-electron chi connectivity index (χ4n) is 2.94. The first kappa shape index (κ1) is 19.5. The minimum atomic E-state index is -1.56. The Bertz CT molecular complexity index is 502. The van der Waals surface area contributed by atoms with Crippen LogP contribution >= 0.6 is 0 Å². The number of nitrogens with zero attached hydrogens (tertiary/aromatic N) is 1. The van der Waals surface area contributed by atoms with Gasteiger partial charge in [-0.2, -0.15) is 0 Å². The van der Waals surface area contributed by atoms with Crippen molar-refractivity contribution in [1.29, 1.82) is 0 Å². The molecule has 0 aromatic rings. The minimum absolute atomic E-state index is 0.164. The molecule has 3 N–H and O–H groups in total. The molecular formula is C16H27BN2O4. The second-order valence-corrected chi connectivity index (χ2v) is 6.29. The Labute approximate surface area is 138 Å². The highest BCUT2D eigenvalue weighted by Gasteiger charge is 2.38. The molecule has 2 amide bonds. The molecule has 0 spiro atoms. The quantitative estimate of drug-likeness (QED) is 0.381. The van der Waals surface area contributed by atoms with Gasteiger partial charge >= 0.3 is 7.12 Å². The molecule has 2 atom stereocenters. The maximum Gasteiger partial charge on any atom is 0.475 e. The number of allylic oxidation sites excluding steroid dienone is 2. The van der Waals surface area contributed by atoms with E-state index in [-0.39, 0.29) is 17.7 Å². The minimum Gasteiger partial charge on any atom is -0.426 e. The Morgan fingerprint density at radius 2 is 1.96 bits per heavy atom. The molecule has 1 fully saturated rings. The molecule has 1 rings (SSSR count). The Morgan fingerprint density at radius 3 is 2.43 bits per heavy atom. The fourth-order valence-corrected chi connectivity index (χ4v) is 2.94. The van der Waals surface area contributed by atoms with E-state index in [0.717, 1.165) is 12.0 Å². The first-order chi connectivity index (χ1) is 10.7. The number of likely N-dealkylation sites (tertiary alicyclic amines) is 1. The molecule has 2 unspecified atom stereocenters. The molecule has 1 heterocycles. The molecule has 0 saturated carbocycles. The number of amides is 2. The smallest absolute Gasteiger partial charge is 0.426 e.